The average molecular weight is 436 g/mol. The predicted molar refractivity (Wildman–Crippen MR) is 118 cm³/mol. The molecule has 1 aromatic heterocycles. The highest BCUT2D eigenvalue weighted by Crippen LogP contribution is 2.26. The summed E-state index contributed by atoms with van der Waals surface area (Å²) < 4.78 is 19.3. The van der Waals surface area contributed by atoms with Crippen molar-refractivity contribution < 1.29 is 14.0 Å². The van der Waals surface area contributed by atoms with E-state index in [9.17, 15) is 4.39 Å². The van der Waals surface area contributed by atoms with Crippen molar-refractivity contribution in [3.63, 3.8) is 0 Å². The Morgan fingerprint density at radius 3 is 2.77 bits per heavy atom. The first kappa shape index (κ1) is 23.1. The van der Waals surface area contributed by atoms with Gasteiger partial charge in [0.05, 0.1) is 35.4 Å². The lowest BCUT2D eigenvalue weighted by atomic mass is 9.98. The molecule has 10 heteroatoms. The van der Waals surface area contributed by atoms with Crippen LogP contribution in [0.4, 0.5) is 4.39 Å². The van der Waals surface area contributed by atoms with Crippen LogP contribution in [0.5, 0.6) is 5.75 Å². The van der Waals surface area contributed by atoms with E-state index in [1.165, 1.54) is 31.2 Å². The standard InChI is InChI=1S/C21H34FN7O2/c1-13(22)11-19-27-21(28-31-19)25-12-17(29(3)24)20(23)16-9-10-18(14(2)26-16)30-15-7-5-4-6-8-15/h9-10,13,15,19H,4-8,11-12,23-24H2,1-3H3,(H2,25,27,28)/b20-17-. The van der Waals surface area contributed by atoms with Crippen molar-refractivity contribution in [1.82, 2.24) is 20.8 Å². The van der Waals surface area contributed by atoms with Gasteiger partial charge in [0, 0.05) is 13.5 Å². The number of aromatic nitrogens is 1. The molecule has 0 aromatic carbocycles. The van der Waals surface area contributed by atoms with Gasteiger partial charge >= 0.3 is 0 Å². The van der Waals surface area contributed by atoms with Crippen LogP contribution in [0.1, 0.15) is 56.8 Å². The number of aryl methyl sites for hydroxylation is 1. The Morgan fingerprint density at radius 1 is 1.39 bits per heavy atom. The number of nitrogens with zero attached hydrogens (tertiary/aromatic N) is 3. The van der Waals surface area contributed by atoms with Crippen LogP contribution in [0.3, 0.4) is 0 Å². The van der Waals surface area contributed by atoms with E-state index in [1.54, 1.807) is 7.05 Å². The zero-order valence-electron chi connectivity index (χ0n) is 18.5. The smallest absolute Gasteiger partial charge is 0.218 e. The average Bonchev–Trinajstić information content (AvgIpc) is 3.16. The fourth-order valence-electron chi connectivity index (χ4n) is 3.69. The molecule has 1 aromatic rings. The lowest BCUT2D eigenvalue weighted by molar-refractivity contribution is 0.0184. The van der Waals surface area contributed by atoms with Crippen molar-refractivity contribution in [3.8, 4) is 5.75 Å². The second-order valence-corrected chi connectivity index (χ2v) is 8.16. The molecule has 2 atom stereocenters. The molecule has 1 saturated heterocycles. The molecule has 2 unspecified atom stereocenters. The second-order valence-electron chi connectivity index (χ2n) is 8.16. The van der Waals surface area contributed by atoms with Crippen molar-refractivity contribution in [2.45, 2.75) is 70.9 Å². The molecule has 1 saturated carbocycles. The Labute approximate surface area is 183 Å². The predicted octanol–water partition coefficient (Wildman–Crippen LogP) is 2.09. The molecule has 172 valence electrons. The SMILES string of the molecule is Cc1nc(/C(N)=C(\CN=C2NOC(CC(C)F)N2)N(C)N)ccc1OC1CCCCC1. The minimum atomic E-state index is -0.987. The van der Waals surface area contributed by atoms with Gasteiger partial charge in [0.2, 0.25) is 5.96 Å². The maximum atomic E-state index is 13.1. The molecule has 0 spiro atoms. The number of aliphatic imine (C=N–C) groups is 1. The third-order valence-electron chi connectivity index (χ3n) is 5.42. The Balaban J connectivity index is 1.70. The summed E-state index contributed by atoms with van der Waals surface area (Å²) >= 11 is 0. The van der Waals surface area contributed by atoms with Crippen molar-refractivity contribution in [2.75, 3.05) is 13.6 Å². The van der Waals surface area contributed by atoms with Crippen LogP contribution in [-0.4, -0.2) is 48.0 Å². The Kier molecular flexibility index (Phi) is 7.91. The minimum absolute atomic E-state index is 0.191. The van der Waals surface area contributed by atoms with E-state index >= 15 is 0 Å². The molecule has 2 heterocycles. The molecule has 0 bridgehead atoms. The number of ether oxygens (including phenoxy) is 1. The molecule has 2 aliphatic rings. The second kappa shape index (κ2) is 10.6. The first-order valence-electron chi connectivity index (χ1n) is 10.8. The topological polar surface area (TPSA) is 123 Å². The van der Waals surface area contributed by atoms with Crippen molar-refractivity contribution >= 4 is 11.7 Å². The fraction of sp³-hybridized carbons (Fsp3) is 0.619. The van der Waals surface area contributed by atoms with Crippen LogP contribution in [0.25, 0.3) is 5.70 Å². The summed E-state index contributed by atoms with van der Waals surface area (Å²) in [6, 6.07) is 3.75. The molecule has 2 fully saturated rings. The van der Waals surface area contributed by atoms with Gasteiger partial charge in [0.15, 0.2) is 6.23 Å². The number of hydrogen-bond acceptors (Lipinski definition) is 7. The van der Waals surface area contributed by atoms with Gasteiger partial charge in [-0.25, -0.2) is 30.5 Å². The quantitative estimate of drug-likeness (QED) is 0.362. The number of pyridine rings is 1. The highest BCUT2D eigenvalue weighted by atomic mass is 19.1. The van der Waals surface area contributed by atoms with E-state index in [0.717, 1.165) is 24.3 Å². The van der Waals surface area contributed by atoms with E-state index in [1.807, 2.05) is 19.1 Å². The number of hydrogen-bond donors (Lipinski definition) is 4. The number of likely N-dealkylation sites (N-methyl/N-ethyl adjacent to an activating group) is 1. The van der Waals surface area contributed by atoms with Gasteiger partial charge in [-0.15, -0.1) is 0 Å². The number of halogens is 1. The highest BCUT2D eigenvalue weighted by Gasteiger charge is 2.22. The zero-order chi connectivity index (χ0) is 22.4. The number of rotatable bonds is 8. The van der Waals surface area contributed by atoms with Gasteiger partial charge in [0.1, 0.15) is 11.9 Å². The van der Waals surface area contributed by atoms with Crippen LogP contribution in [0.15, 0.2) is 22.8 Å². The van der Waals surface area contributed by atoms with Gasteiger partial charge in [-0.3, -0.25) is 0 Å². The maximum absolute atomic E-state index is 13.1. The van der Waals surface area contributed by atoms with Gasteiger partial charge < -0.3 is 20.8 Å². The molecular formula is C21H34FN7O2. The first-order chi connectivity index (χ1) is 14.8. The van der Waals surface area contributed by atoms with Crippen LogP contribution in [0, 0.1) is 6.92 Å². The van der Waals surface area contributed by atoms with Gasteiger partial charge in [-0.2, -0.15) is 0 Å². The monoisotopic (exact) mass is 435 g/mol. The number of nitrogens with one attached hydrogen (secondary N) is 2. The summed E-state index contributed by atoms with van der Waals surface area (Å²) in [5.74, 6) is 7.19. The molecule has 0 amide bonds. The van der Waals surface area contributed by atoms with Crippen LogP contribution >= 0.6 is 0 Å². The summed E-state index contributed by atoms with van der Waals surface area (Å²) in [5.41, 5.74) is 11.4. The van der Waals surface area contributed by atoms with Crippen LogP contribution in [0.2, 0.25) is 0 Å². The van der Waals surface area contributed by atoms with E-state index in [0.29, 0.717) is 23.0 Å². The third kappa shape index (κ3) is 6.44. The summed E-state index contributed by atoms with van der Waals surface area (Å²) in [7, 11) is 1.69. The van der Waals surface area contributed by atoms with Gasteiger partial charge in [-0.1, -0.05) is 6.42 Å². The van der Waals surface area contributed by atoms with E-state index in [-0.39, 0.29) is 19.1 Å². The molecule has 31 heavy (non-hydrogen) atoms. The van der Waals surface area contributed by atoms with Crippen molar-refractivity contribution in [2.24, 2.45) is 16.6 Å². The molecule has 9 nitrogen and oxygen atoms in total. The molecule has 0 radical (unpaired) electrons. The van der Waals surface area contributed by atoms with Crippen molar-refractivity contribution in [1.29, 1.82) is 0 Å². The third-order valence-corrected chi connectivity index (χ3v) is 5.42. The number of alkyl halides is 1. The highest BCUT2D eigenvalue weighted by molar-refractivity contribution is 5.80. The largest absolute Gasteiger partial charge is 0.489 e. The van der Waals surface area contributed by atoms with Crippen LogP contribution in [-0.2, 0) is 4.84 Å². The molecular weight excluding hydrogens is 401 g/mol. The molecule has 6 N–H and O–H groups in total. The van der Waals surface area contributed by atoms with Crippen LogP contribution < -0.4 is 27.1 Å². The Morgan fingerprint density at radius 2 is 2.13 bits per heavy atom. The summed E-state index contributed by atoms with van der Waals surface area (Å²) in [6.07, 6.45) is 4.89. The zero-order valence-corrected chi connectivity index (χ0v) is 18.5. The lowest BCUT2D eigenvalue weighted by Crippen LogP contribution is -2.32. The molecule has 3 rings (SSSR count). The first-order valence-corrected chi connectivity index (χ1v) is 10.8. The van der Waals surface area contributed by atoms with E-state index in [4.69, 9.17) is 21.2 Å². The maximum Gasteiger partial charge on any atom is 0.218 e. The van der Waals surface area contributed by atoms with E-state index in [2.05, 4.69) is 20.8 Å². The minimum Gasteiger partial charge on any atom is -0.489 e. The normalized spacial score (nSPS) is 22.5. The summed E-state index contributed by atoms with van der Waals surface area (Å²) in [5, 5.41) is 4.39. The number of guanidine groups is 1. The Hall–Kier alpha value is -2.59. The van der Waals surface area contributed by atoms with Crippen molar-refractivity contribution in [3.05, 3.63) is 29.2 Å². The number of hydrazine groups is 1. The Bertz CT molecular complexity index is 807. The molecule has 1 aliphatic carbocycles. The summed E-state index contributed by atoms with van der Waals surface area (Å²) in [6.45, 7) is 3.58. The van der Waals surface area contributed by atoms with Gasteiger partial charge in [-0.05, 0) is 51.7 Å². The lowest BCUT2D eigenvalue weighted by Gasteiger charge is -2.24. The van der Waals surface area contributed by atoms with E-state index < -0.39 is 12.4 Å². The fourth-order valence-corrected chi connectivity index (χ4v) is 3.69. The number of nitrogens with two attached hydrogens (primary N) is 2. The molecule has 1 aliphatic heterocycles. The summed E-state index contributed by atoms with van der Waals surface area (Å²) in [4.78, 5) is 14.3. The van der Waals surface area contributed by atoms with Gasteiger partial charge in [0.25, 0.3) is 0 Å². The number of hydroxylamine groups is 1.